The van der Waals surface area contributed by atoms with Gasteiger partial charge in [-0.05, 0) is 0 Å². The molecule has 7 heavy (non-hydrogen) atoms. The lowest BCUT2D eigenvalue weighted by atomic mass is 10.5. The van der Waals surface area contributed by atoms with Crippen LogP contribution in [0, 0.1) is 0 Å². The van der Waals surface area contributed by atoms with Crippen molar-refractivity contribution < 1.29 is 9.58 Å². The summed E-state index contributed by atoms with van der Waals surface area (Å²) in [6, 6.07) is 0. The summed E-state index contributed by atoms with van der Waals surface area (Å²) in [6.07, 6.45) is 2.77. The Morgan fingerprint density at radius 1 is 1.14 bits per heavy atom. The van der Waals surface area contributed by atoms with Crippen molar-refractivity contribution in [2.24, 2.45) is 0 Å². The molecule has 0 aliphatic heterocycles. The number of nitrogens with zero attached hydrogens (tertiary/aromatic N) is 4. The van der Waals surface area contributed by atoms with Gasteiger partial charge >= 0.3 is 0 Å². The normalized spacial score (nSPS) is 5.71. The Hall–Kier alpha value is -1.24. The van der Waals surface area contributed by atoms with Crippen LogP contribution in [0.4, 0.5) is 0 Å². The van der Waals surface area contributed by atoms with E-state index in [-0.39, 0.29) is 0 Å². The number of rotatable bonds is 2. The van der Waals surface area contributed by atoms with Crippen molar-refractivity contribution in [3.63, 3.8) is 0 Å². The fourth-order valence-electron chi connectivity index (χ4n) is 0.141. The Morgan fingerprint density at radius 2 is 1.57 bits per heavy atom. The molecule has 0 aromatic carbocycles. The quantitative estimate of drug-likeness (QED) is 0.263. The number of hydrogen-bond acceptors (Lipinski definition) is 0. The standard InChI is InChI=1S/C3H4N4/c4-6-2-1-3-7-5/h2-3H,1H2. The molecule has 0 saturated heterocycles. The molecule has 0 heterocycles. The van der Waals surface area contributed by atoms with Crippen molar-refractivity contribution in [3.8, 4) is 0 Å². The summed E-state index contributed by atoms with van der Waals surface area (Å²) in [5.41, 5.74) is 15.4. The van der Waals surface area contributed by atoms with Gasteiger partial charge in [0, 0.05) is 0 Å². The van der Waals surface area contributed by atoms with Crippen LogP contribution in [-0.2, 0) is 0 Å². The predicted molar refractivity (Wildman–Crippen MR) is 24.0 cm³/mol. The molecule has 0 rings (SSSR count). The zero-order valence-corrected chi connectivity index (χ0v) is 3.65. The summed E-state index contributed by atoms with van der Waals surface area (Å²) in [6.45, 7) is 0. The molecule has 0 aliphatic carbocycles. The van der Waals surface area contributed by atoms with Crippen LogP contribution in [0.25, 0.3) is 11.1 Å². The molecule has 0 radical (unpaired) electrons. The van der Waals surface area contributed by atoms with Crippen LogP contribution in [0.2, 0.25) is 0 Å². The first-order chi connectivity index (χ1) is 3.41. The van der Waals surface area contributed by atoms with E-state index in [4.69, 9.17) is 11.1 Å². The van der Waals surface area contributed by atoms with Crippen molar-refractivity contribution in [3.05, 3.63) is 11.1 Å². The molecule has 0 amide bonds. The Morgan fingerprint density at radius 3 is 1.86 bits per heavy atom. The lowest BCUT2D eigenvalue weighted by molar-refractivity contribution is -0.00611. The van der Waals surface area contributed by atoms with Gasteiger partial charge in [-0.1, -0.05) is 0 Å². The minimum atomic E-state index is 0.354. The molecule has 4 heteroatoms. The molecule has 36 valence electrons. The minimum Gasteiger partial charge on any atom is -0.362 e. The second kappa shape index (κ2) is 4.76. The Kier molecular flexibility index (Phi) is 3.92. The van der Waals surface area contributed by atoms with Gasteiger partial charge in [0.15, 0.2) is 0 Å². The molecule has 0 spiro atoms. The highest BCUT2D eigenvalue weighted by molar-refractivity contribution is 5.72. The van der Waals surface area contributed by atoms with Gasteiger partial charge in [-0.15, -0.1) is 0 Å². The average molecular weight is 96.1 g/mol. The van der Waals surface area contributed by atoms with Crippen molar-refractivity contribution in [1.82, 2.24) is 0 Å². The summed E-state index contributed by atoms with van der Waals surface area (Å²) < 4.78 is 0. The van der Waals surface area contributed by atoms with E-state index in [1.54, 1.807) is 0 Å². The van der Waals surface area contributed by atoms with Crippen LogP contribution in [-0.4, -0.2) is 22.0 Å². The second-order valence-electron chi connectivity index (χ2n) is 0.832. The van der Waals surface area contributed by atoms with E-state index in [2.05, 4.69) is 9.58 Å². The Labute approximate surface area is 40.6 Å². The third kappa shape index (κ3) is 4.76. The highest BCUT2D eigenvalue weighted by Gasteiger charge is 1.78. The highest BCUT2D eigenvalue weighted by Crippen LogP contribution is 1.52. The van der Waals surface area contributed by atoms with Gasteiger partial charge in [0.2, 0.25) is 0 Å². The van der Waals surface area contributed by atoms with Crippen LogP contribution in [0.15, 0.2) is 0 Å². The molecule has 0 fully saturated rings. The smallest absolute Gasteiger partial charge is 0.268 e. The summed E-state index contributed by atoms with van der Waals surface area (Å²) in [4.78, 5) is 5.29. The third-order valence-corrected chi connectivity index (χ3v) is 0.374. The first-order valence-corrected chi connectivity index (χ1v) is 1.73. The molecule has 0 aliphatic rings. The maximum atomic E-state index is 7.72. The summed E-state index contributed by atoms with van der Waals surface area (Å²) in [5.74, 6) is 0. The monoisotopic (exact) mass is 96.0 g/mol. The first-order valence-electron chi connectivity index (χ1n) is 1.73. The van der Waals surface area contributed by atoms with Gasteiger partial charge in [-0.2, -0.15) is 9.58 Å². The van der Waals surface area contributed by atoms with Crippen LogP contribution >= 0.6 is 0 Å². The molecular formula is C3H4N4. The lowest BCUT2D eigenvalue weighted by Crippen LogP contribution is -1.76. The van der Waals surface area contributed by atoms with Gasteiger partial charge in [-0.3, -0.25) is 0 Å². The molecule has 0 unspecified atom stereocenters. The van der Waals surface area contributed by atoms with E-state index in [1.165, 1.54) is 12.4 Å². The SMILES string of the molecule is [N-]=[N+]=CCC=[N+]=[N-]. The topological polar surface area (TPSA) is 72.8 Å². The van der Waals surface area contributed by atoms with Crippen LogP contribution in [0.5, 0.6) is 0 Å². The third-order valence-electron chi connectivity index (χ3n) is 0.374. The Balaban J connectivity index is 3.33. The van der Waals surface area contributed by atoms with Crippen LogP contribution < -0.4 is 0 Å². The Bertz CT molecular complexity index is 110. The van der Waals surface area contributed by atoms with Crippen LogP contribution in [0.1, 0.15) is 6.42 Å². The average Bonchev–Trinajstić information content (AvgIpc) is 1.69. The van der Waals surface area contributed by atoms with E-state index >= 15 is 0 Å². The van der Waals surface area contributed by atoms with Gasteiger partial charge in [0.25, 0.3) is 12.4 Å². The second-order valence-corrected chi connectivity index (χ2v) is 0.832. The molecule has 0 N–H and O–H groups in total. The molecule has 0 aromatic rings. The largest absolute Gasteiger partial charge is 0.362 e. The molecule has 0 saturated carbocycles. The van der Waals surface area contributed by atoms with Crippen LogP contribution in [0.3, 0.4) is 0 Å². The van der Waals surface area contributed by atoms with Crippen molar-refractivity contribution in [2.75, 3.05) is 0 Å². The van der Waals surface area contributed by atoms with Gasteiger partial charge in [0.1, 0.15) is 6.42 Å². The van der Waals surface area contributed by atoms with E-state index in [1.807, 2.05) is 0 Å². The minimum absolute atomic E-state index is 0.354. The highest BCUT2D eigenvalue weighted by atomic mass is 14.8. The molecule has 0 aromatic heterocycles. The van der Waals surface area contributed by atoms with E-state index in [0.717, 1.165) is 0 Å². The molecular weight excluding hydrogens is 92.1 g/mol. The zero-order valence-electron chi connectivity index (χ0n) is 3.65. The van der Waals surface area contributed by atoms with E-state index in [0.29, 0.717) is 6.42 Å². The van der Waals surface area contributed by atoms with E-state index in [9.17, 15) is 0 Å². The van der Waals surface area contributed by atoms with Crippen molar-refractivity contribution in [1.29, 1.82) is 0 Å². The maximum Gasteiger partial charge on any atom is 0.268 e. The van der Waals surface area contributed by atoms with Crippen molar-refractivity contribution >= 4 is 12.4 Å². The van der Waals surface area contributed by atoms with E-state index < -0.39 is 0 Å². The fourth-order valence-corrected chi connectivity index (χ4v) is 0.141. The summed E-state index contributed by atoms with van der Waals surface area (Å²) in [5, 5.41) is 0. The predicted octanol–water partition coefficient (Wildman–Crippen LogP) is -0.0223. The molecule has 0 bridgehead atoms. The zero-order chi connectivity index (χ0) is 5.54. The van der Waals surface area contributed by atoms with Crippen molar-refractivity contribution in [2.45, 2.75) is 6.42 Å². The van der Waals surface area contributed by atoms with Gasteiger partial charge in [0.05, 0.1) is 0 Å². The lowest BCUT2D eigenvalue weighted by Gasteiger charge is -1.51. The molecule has 0 atom stereocenters. The van der Waals surface area contributed by atoms with Gasteiger partial charge < -0.3 is 11.1 Å². The maximum absolute atomic E-state index is 7.72. The molecule has 4 nitrogen and oxygen atoms in total. The first kappa shape index (κ1) is 5.76. The fraction of sp³-hybridized carbons (Fsp3) is 0.333. The summed E-state index contributed by atoms with van der Waals surface area (Å²) >= 11 is 0. The van der Waals surface area contributed by atoms with Gasteiger partial charge in [-0.25, -0.2) is 0 Å². The summed E-state index contributed by atoms with van der Waals surface area (Å²) in [7, 11) is 0. The number of hydrogen-bond donors (Lipinski definition) is 0.